The van der Waals surface area contributed by atoms with Crippen LogP contribution in [-0.2, 0) is 4.79 Å². The summed E-state index contributed by atoms with van der Waals surface area (Å²) in [6.45, 7) is 7.58. The van der Waals surface area contributed by atoms with Gasteiger partial charge < -0.3 is 0 Å². The molecular weight excluding hydrogens is 296 g/mol. The Labute approximate surface area is 151 Å². The van der Waals surface area contributed by atoms with E-state index in [-0.39, 0.29) is 5.91 Å². The van der Waals surface area contributed by atoms with E-state index in [1.165, 1.54) is 77.0 Å². The average Bonchev–Trinajstić information content (AvgIpc) is 2.55. The van der Waals surface area contributed by atoms with E-state index in [0.29, 0.717) is 6.42 Å². The quantitative estimate of drug-likeness (QED) is 0.232. The zero-order chi connectivity index (χ0) is 17.9. The lowest BCUT2D eigenvalue weighted by atomic mass is 10.0. The number of hydrazine groups is 1. The largest absolute Gasteiger partial charge is 0.292 e. The molecule has 2 N–H and O–H groups in total. The van der Waals surface area contributed by atoms with Crippen molar-refractivity contribution in [1.29, 1.82) is 0 Å². The van der Waals surface area contributed by atoms with E-state index in [9.17, 15) is 4.79 Å². The summed E-state index contributed by atoms with van der Waals surface area (Å²) < 4.78 is 0. The Bertz CT molecular complexity index is 267. The van der Waals surface area contributed by atoms with Crippen molar-refractivity contribution in [3.63, 3.8) is 0 Å². The van der Waals surface area contributed by atoms with Crippen LogP contribution in [0, 0.1) is 5.92 Å². The Hall–Kier alpha value is -0.570. The molecule has 3 nitrogen and oxygen atoms in total. The monoisotopic (exact) mass is 340 g/mol. The third-order valence-corrected chi connectivity index (χ3v) is 4.54. The number of unbranched alkanes of at least 4 members (excludes halogenated alkanes) is 11. The summed E-state index contributed by atoms with van der Waals surface area (Å²) >= 11 is 0. The molecule has 24 heavy (non-hydrogen) atoms. The van der Waals surface area contributed by atoms with Crippen molar-refractivity contribution in [1.82, 2.24) is 10.9 Å². The van der Waals surface area contributed by atoms with Gasteiger partial charge in [0.05, 0.1) is 0 Å². The Morgan fingerprint density at radius 2 is 1.21 bits per heavy atom. The molecular formula is C21H44N2O. The van der Waals surface area contributed by atoms with Crippen molar-refractivity contribution in [2.45, 2.75) is 117 Å². The third-order valence-electron chi connectivity index (χ3n) is 4.54. The molecule has 0 spiro atoms. The molecule has 0 saturated carbocycles. The average molecular weight is 341 g/mol. The lowest BCUT2D eigenvalue weighted by Gasteiger charge is -2.06. The lowest BCUT2D eigenvalue weighted by Crippen LogP contribution is -2.37. The minimum absolute atomic E-state index is 0.136. The molecule has 0 aliphatic heterocycles. The molecule has 0 aromatic carbocycles. The number of rotatable bonds is 18. The fourth-order valence-corrected chi connectivity index (χ4v) is 2.95. The summed E-state index contributed by atoms with van der Waals surface area (Å²) in [6, 6.07) is 0. The van der Waals surface area contributed by atoms with Gasteiger partial charge in [-0.3, -0.25) is 10.2 Å². The van der Waals surface area contributed by atoms with E-state index < -0.39 is 0 Å². The molecule has 0 unspecified atom stereocenters. The highest BCUT2D eigenvalue weighted by atomic mass is 16.2. The van der Waals surface area contributed by atoms with Gasteiger partial charge in [-0.2, -0.15) is 0 Å². The molecule has 0 aliphatic carbocycles. The molecule has 0 aromatic heterocycles. The molecule has 0 radical (unpaired) electrons. The molecule has 3 heteroatoms. The van der Waals surface area contributed by atoms with Crippen LogP contribution in [0.4, 0.5) is 0 Å². The maximum Gasteiger partial charge on any atom is 0.234 e. The molecule has 0 aromatic rings. The Balaban J connectivity index is 3.08. The molecule has 0 bridgehead atoms. The number of hydrogen-bond donors (Lipinski definition) is 2. The number of amides is 1. The van der Waals surface area contributed by atoms with Crippen molar-refractivity contribution in [3.8, 4) is 0 Å². The van der Waals surface area contributed by atoms with Crippen LogP contribution in [-0.4, -0.2) is 12.5 Å². The van der Waals surface area contributed by atoms with Gasteiger partial charge in [0.1, 0.15) is 0 Å². The summed E-state index contributed by atoms with van der Waals surface area (Å²) in [7, 11) is 0. The van der Waals surface area contributed by atoms with Crippen LogP contribution in [0.1, 0.15) is 117 Å². The fourth-order valence-electron chi connectivity index (χ4n) is 2.95. The summed E-state index contributed by atoms with van der Waals surface area (Å²) in [6.07, 6.45) is 19.3. The van der Waals surface area contributed by atoms with Crippen LogP contribution in [0.15, 0.2) is 0 Å². The van der Waals surface area contributed by atoms with E-state index in [4.69, 9.17) is 0 Å². The summed E-state index contributed by atoms with van der Waals surface area (Å²) in [5, 5.41) is 0. The Kier molecular flexibility index (Phi) is 18.3. The summed E-state index contributed by atoms with van der Waals surface area (Å²) in [5.74, 6) is 1.01. The van der Waals surface area contributed by atoms with Crippen molar-refractivity contribution in [2.24, 2.45) is 5.92 Å². The van der Waals surface area contributed by atoms with E-state index in [2.05, 4.69) is 31.6 Å². The van der Waals surface area contributed by atoms with Gasteiger partial charge in [0.15, 0.2) is 0 Å². The molecule has 0 rings (SSSR count). The number of hydrogen-bond acceptors (Lipinski definition) is 2. The SMILES string of the molecule is CCCNNC(=O)CCCCCCCCCCCCCCC(C)C. The second-order valence-corrected chi connectivity index (χ2v) is 7.65. The van der Waals surface area contributed by atoms with E-state index in [0.717, 1.165) is 25.3 Å². The molecule has 0 saturated heterocycles. The van der Waals surface area contributed by atoms with Crippen LogP contribution in [0.2, 0.25) is 0 Å². The lowest BCUT2D eigenvalue weighted by molar-refractivity contribution is -0.122. The predicted octanol–water partition coefficient (Wildman–Crippen LogP) is 6.13. The maximum atomic E-state index is 11.5. The normalized spacial score (nSPS) is 11.2. The van der Waals surface area contributed by atoms with Crippen LogP contribution < -0.4 is 10.9 Å². The second kappa shape index (κ2) is 18.8. The topological polar surface area (TPSA) is 41.1 Å². The van der Waals surface area contributed by atoms with E-state index >= 15 is 0 Å². The van der Waals surface area contributed by atoms with Gasteiger partial charge in [-0.25, -0.2) is 5.43 Å². The highest BCUT2D eigenvalue weighted by Gasteiger charge is 2.00. The van der Waals surface area contributed by atoms with Crippen molar-refractivity contribution < 1.29 is 4.79 Å². The Morgan fingerprint density at radius 1 is 0.750 bits per heavy atom. The number of nitrogens with one attached hydrogen (secondary N) is 2. The molecule has 1 amide bonds. The third kappa shape index (κ3) is 19.5. The van der Waals surface area contributed by atoms with Crippen LogP contribution >= 0.6 is 0 Å². The minimum Gasteiger partial charge on any atom is -0.292 e. The molecule has 0 fully saturated rings. The molecule has 144 valence electrons. The maximum absolute atomic E-state index is 11.5. The zero-order valence-corrected chi connectivity index (χ0v) is 16.8. The standard InChI is InChI=1S/C21H44N2O/c1-4-19-22-23-21(24)18-16-14-12-10-8-6-5-7-9-11-13-15-17-20(2)3/h20,22H,4-19H2,1-3H3,(H,23,24). The van der Waals surface area contributed by atoms with Gasteiger partial charge >= 0.3 is 0 Å². The number of carbonyl (C=O) groups is 1. The highest BCUT2D eigenvalue weighted by molar-refractivity contribution is 5.75. The summed E-state index contributed by atoms with van der Waals surface area (Å²) in [5.41, 5.74) is 5.68. The first-order valence-corrected chi connectivity index (χ1v) is 10.7. The van der Waals surface area contributed by atoms with Gasteiger partial charge in [-0.15, -0.1) is 0 Å². The Morgan fingerprint density at radius 3 is 1.67 bits per heavy atom. The van der Waals surface area contributed by atoms with Gasteiger partial charge in [0.25, 0.3) is 0 Å². The smallest absolute Gasteiger partial charge is 0.234 e. The summed E-state index contributed by atoms with van der Waals surface area (Å²) in [4.78, 5) is 11.5. The molecule has 0 aliphatic rings. The first kappa shape index (κ1) is 23.4. The zero-order valence-electron chi connectivity index (χ0n) is 16.8. The number of carbonyl (C=O) groups excluding carboxylic acids is 1. The minimum atomic E-state index is 0.136. The fraction of sp³-hybridized carbons (Fsp3) is 0.952. The van der Waals surface area contributed by atoms with Crippen LogP contribution in [0.25, 0.3) is 0 Å². The molecule has 0 atom stereocenters. The van der Waals surface area contributed by atoms with Gasteiger partial charge in [-0.1, -0.05) is 97.8 Å². The van der Waals surface area contributed by atoms with E-state index in [1.807, 2.05) is 0 Å². The van der Waals surface area contributed by atoms with Crippen molar-refractivity contribution in [2.75, 3.05) is 6.54 Å². The van der Waals surface area contributed by atoms with Crippen molar-refractivity contribution >= 4 is 5.91 Å². The van der Waals surface area contributed by atoms with Gasteiger partial charge in [0, 0.05) is 13.0 Å². The van der Waals surface area contributed by atoms with Crippen LogP contribution in [0.5, 0.6) is 0 Å². The van der Waals surface area contributed by atoms with E-state index in [1.54, 1.807) is 0 Å². The van der Waals surface area contributed by atoms with Crippen molar-refractivity contribution in [3.05, 3.63) is 0 Å². The first-order valence-electron chi connectivity index (χ1n) is 10.7. The highest BCUT2D eigenvalue weighted by Crippen LogP contribution is 2.14. The first-order chi connectivity index (χ1) is 11.7. The van der Waals surface area contributed by atoms with Gasteiger partial charge in [0.2, 0.25) is 5.91 Å². The molecule has 0 heterocycles. The predicted molar refractivity (Wildman–Crippen MR) is 106 cm³/mol. The van der Waals surface area contributed by atoms with Gasteiger partial charge in [-0.05, 0) is 18.8 Å². The van der Waals surface area contributed by atoms with Crippen LogP contribution in [0.3, 0.4) is 0 Å². The second-order valence-electron chi connectivity index (χ2n) is 7.65.